The molecule has 0 unspecified atom stereocenters. The van der Waals surface area contributed by atoms with E-state index >= 15 is 0 Å². The van der Waals surface area contributed by atoms with Crippen LogP contribution in [-0.4, -0.2) is 11.9 Å². The first-order valence-corrected chi connectivity index (χ1v) is 11.9. The van der Waals surface area contributed by atoms with Crippen molar-refractivity contribution in [3.8, 4) is 11.5 Å². The van der Waals surface area contributed by atoms with Crippen molar-refractivity contribution >= 4 is 11.9 Å². The van der Waals surface area contributed by atoms with E-state index in [1.807, 2.05) is 6.07 Å². The lowest BCUT2D eigenvalue weighted by molar-refractivity contribution is -0.135. The highest BCUT2D eigenvalue weighted by molar-refractivity contribution is 5.73. The molecule has 0 spiro atoms. The zero-order chi connectivity index (χ0) is 22.8. The van der Waals surface area contributed by atoms with Gasteiger partial charge in [-0.15, -0.1) is 0 Å². The number of hydrogen-bond donors (Lipinski definition) is 0. The Balaban J connectivity index is 2.01. The zero-order valence-corrected chi connectivity index (χ0v) is 20.0. The van der Waals surface area contributed by atoms with Crippen molar-refractivity contribution in [2.45, 2.75) is 86.5 Å². The normalized spacial score (nSPS) is 30.2. The maximum atomic E-state index is 12.1. The topological polar surface area (TPSA) is 52.6 Å². The van der Waals surface area contributed by atoms with E-state index in [-0.39, 0.29) is 22.8 Å². The Morgan fingerprint density at radius 3 is 2.42 bits per heavy atom. The number of ether oxygens (including phenoxy) is 2. The number of rotatable bonds is 6. The summed E-state index contributed by atoms with van der Waals surface area (Å²) in [6.45, 7) is 13.1. The van der Waals surface area contributed by atoms with E-state index in [0.717, 1.165) is 18.4 Å². The molecule has 1 fully saturated rings. The van der Waals surface area contributed by atoms with Gasteiger partial charge in [0.1, 0.15) is 11.5 Å². The number of esters is 2. The molecule has 0 amide bonds. The molecule has 0 bridgehead atoms. The van der Waals surface area contributed by atoms with E-state index in [1.165, 1.54) is 24.8 Å². The van der Waals surface area contributed by atoms with Gasteiger partial charge in [0.25, 0.3) is 0 Å². The number of allylic oxidation sites excluding steroid dienone is 2. The average molecular weight is 427 g/mol. The van der Waals surface area contributed by atoms with Crippen LogP contribution in [0.15, 0.2) is 29.8 Å². The Labute approximate surface area is 187 Å². The second-order valence-electron chi connectivity index (χ2n) is 9.98. The largest absolute Gasteiger partial charge is 0.427 e. The first-order chi connectivity index (χ1) is 14.6. The number of carbonyl (C=O) groups excluding carboxylic acids is 2. The highest BCUT2D eigenvalue weighted by atomic mass is 16.5. The van der Waals surface area contributed by atoms with Crippen LogP contribution in [0.25, 0.3) is 0 Å². The van der Waals surface area contributed by atoms with Crippen LogP contribution in [0.3, 0.4) is 0 Å². The summed E-state index contributed by atoms with van der Waals surface area (Å²) in [4.78, 5) is 23.9. The fraction of sp³-hybridized carbons (Fsp3) is 0.630. The van der Waals surface area contributed by atoms with Gasteiger partial charge in [-0.3, -0.25) is 9.59 Å². The lowest BCUT2D eigenvalue weighted by Gasteiger charge is -2.58. The van der Waals surface area contributed by atoms with E-state index in [4.69, 9.17) is 9.47 Å². The molecule has 3 rings (SSSR count). The molecular formula is C27H38O4. The minimum Gasteiger partial charge on any atom is -0.427 e. The van der Waals surface area contributed by atoms with Crippen molar-refractivity contribution in [3.05, 3.63) is 35.4 Å². The maximum absolute atomic E-state index is 12.1. The number of fused-ring (bicyclic) bond motifs is 1. The van der Waals surface area contributed by atoms with Gasteiger partial charge in [0.2, 0.25) is 0 Å². The number of hydrogen-bond acceptors (Lipinski definition) is 4. The van der Waals surface area contributed by atoms with Crippen molar-refractivity contribution in [2.24, 2.45) is 22.7 Å². The highest BCUT2D eigenvalue weighted by Crippen LogP contribution is 2.61. The molecule has 4 nitrogen and oxygen atoms in total. The molecule has 1 saturated carbocycles. The van der Waals surface area contributed by atoms with E-state index in [0.29, 0.717) is 36.2 Å². The fourth-order valence-electron chi connectivity index (χ4n) is 5.87. The lowest BCUT2D eigenvalue weighted by Crippen LogP contribution is -2.50. The molecule has 0 radical (unpaired) electrons. The van der Waals surface area contributed by atoms with E-state index in [2.05, 4.69) is 33.8 Å². The zero-order valence-electron chi connectivity index (χ0n) is 20.0. The van der Waals surface area contributed by atoms with Crippen molar-refractivity contribution < 1.29 is 19.1 Å². The quantitative estimate of drug-likeness (QED) is 0.290. The minimum atomic E-state index is -0.262. The lowest BCUT2D eigenvalue weighted by atomic mass is 9.47. The summed E-state index contributed by atoms with van der Waals surface area (Å²) in [6, 6.07) is 5.41. The van der Waals surface area contributed by atoms with Gasteiger partial charge < -0.3 is 9.47 Å². The van der Waals surface area contributed by atoms with Gasteiger partial charge in [0, 0.05) is 12.8 Å². The van der Waals surface area contributed by atoms with Crippen molar-refractivity contribution in [1.82, 2.24) is 0 Å². The van der Waals surface area contributed by atoms with Gasteiger partial charge in [0.15, 0.2) is 0 Å². The minimum absolute atomic E-state index is 0.0588. The van der Waals surface area contributed by atoms with Gasteiger partial charge in [-0.1, -0.05) is 46.3 Å². The van der Waals surface area contributed by atoms with Gasteiger partial charge in [-0.2, -0.15) is 0 Å². The smallest absolute Gasteiger partial charge is 0.310 e. The molecule has 31 heavy (non-hydrogen) atoms. The summed E-state index contributed by atoms with van der Waals surface area (Å²) in [5, 5.41) is 0. The Kier molecular flexibility index (Phi) is 6.98. The van der Waals surface area contributed by atoms with Gasteiger partial charge in [-0.25, -0.2) is 0 Å². The molecular weight excluding hydrogens is 388 g/mol. The molecule has 2 aliphatic carbocycles. The highest BCUT2D eigenvalue weighted by Gasteiger charge is 2.53. The van der Waals surface area contributed by atoms with Crippen molar-refractivity contribution in [2.75, 3.05) is 0 Å². The van der Waals surface area contributed by atoms with E-state index in [1.54, 1.807) is 26.0 Å². The second-order valence-corrected chi connectivity index (χ2v) is 9.98. The number of benzene rings is 1. The average Bonchev–Trinajstić information content (AvgIpc) is 2.74. The first-order valence-electron chi connectivity index (χ1n) is 11.9. The monoisotopic (exact) mass is 426 g/mol. The molecule has 0 aliphatic heterocycles. The maximum Gasteiger partial charge on any atom is 0.310 e. The van der Waals surface area contributed by atoms with Crippen LogP contribution < -0.4 is 9.47 Å². The summed E-state index contributed by atoms with van der Waals surface area (Å²) in [5.41, 5.74) is 2.74. The van der Waals surface area contributed by atoms with Crippen LogP contribution in [0, 0.1) is 22.7 Å². The van der Waals surface area contributed by atoms with Crippen LogP contribution in [0.5, 0.6) is 11.5 Å². The fourth-order valence-corrected chi connectivity index (χ4v) is 5.87. The summed E-state index contributed by atoms with van der Waals surface area (Å²) in [7, 11) is 0. The number of carbonyl (C=O) groups is 2. The third-order valence-electron chi connectivity index (χ3n) is 8.23. The van der Waals surface area contributed by atoms with Gasteiger partial charge >= 0.3 is 11.9 Å². The second kappa shape index (κ2) is 9.18. The molecule has 0 saturated heterocycles. The summed E-state index contributed by atoms with van der Waals surface area (Å²) < 4.78 is 11.2. The molecule has 0 N–H and O–H groups in total. The van der Waals surface area contributed by atoms with Crippen LogP contribution in [0.4, 0.5) is 0 Å². The third-order valence-corrected chi connectivity index (χ3v) is 8.23. The molecule has 0 heterocycles. The van der Waals surface area contributed by atoms with Crippen LogP contribution >= 0.6 is 0 Å². The molecule has 2 aliphatic rings. The SMILES string of the molecule is CCC(=O)Oc1ccc(OC(=O)CC)c(C[C@]2(C)[C@@H](C)CC[C@]3(C)C(C)=CCC[C@@H]23)c1. The molecule has 4 heteroatoms. The molecule has 4 atom stereocenters. The predicted molar refractivity (Wildman–Crippen MR) is 123 cm³/mol. The third kappa shape index (κ3) is 4.58. The Morgan fingerprint density at radius 2 is 1.74 bits per heavy atom. The Morgan fingerprint density at radius 1 is 1.06 bits per heavy atom. The summed E-state index contributed by atoms with van der Waals surface area (Å²) in [6.07, 6.45) is 8.58. The summed E-state index contributed by atoms with van der Waals surface area (Å²) in [5.74, 6) is 1.71. The molecule has 1 aromatic carbocycles. The molecule has 1 aromatic rings. The van der Waals surface area contributed by atoms with Crippen molar-refractivity contribution in [1.29, 1.82) is 0 Å². The summed E-state index contributed by atoms with van der Waals surface area (Å²) >= 11 is 0. The Bertz CT molecular complexity index is 870. The standard InChI is InChI=1S/C27H38O4/c1-7-24(28)30-21-12-13-22(31-25(29)8-2)20(16-21)17-27(6)19(4)14-15-26(5)18(3)10-9-11-23(26)27/h10,12-13,16,19,23H,7-9,11,14-15,17H2,1-6H3/t19-,23+,26+,27+/m0/s1. The molecule has 0 aromatic heterocycles. The van der Waals surface area contributed by atoms with E-state index < -0.39 is 0 Å². The van der Waals surface area contributed by atoms with Crippen LogP contribution in [0.2, 0.25) is 0 Å². The first kappa shape index (κ1) is 23.6. The van der Waals surface area contributed by atoms with E-state index in [9.17, 15) is 9.59 Å². The predicted octanol–water partition coefficient (Wildman–Crippen LogP) is 6.66. The van der Waals surface area contributed by atoms with Gasteiger partial charge in [-0.05, 0) is 85.5 Å². The van der Waals surface area contributed by atoms with Crippen molar-refractivity contribution in [3.63, 3.8) is 0 Å². The Hall–Kier alpha value is -2.10. The van der Waals surface area contributed by atoms with Crippen LogP contribution in [0.1, 0.15) is 85.6 Å². The molecule has 170 valence electrons. The van der Waals surface area contributed by atoms with Gasteiger partial charge in [0.05, 0.1) is 0 Å². The van der Waals surface area contributed by atoms with Crippen LogP contribution in [-0.2, 0) is 16.0 Å².